The molecule has 3 rings (SSSR count). The minimum atomic E-state index is -0.395. The number of esters is 2. The first-order valence-electron chi connectivity index (χ1n) is 13.2. The van der Waals surface area contributed by atoms with Gasteiger partial charge in [0.1, 0.15) is 18.0 Å². The lowest BCUT2D eigenvalue weighted by atomic mass is 9.84. The summed E-state index contributed by atoms with van der Waals surface area (Å²) in [5.41, 5.74) is 8.39. The largest absolute Gasteiger partial charge is 0.504 e. The minimum Gasteiger partial charge on any atom is -0.504 e. The Labute approximate surface area is 219 Å². The Hall–Kier alpha value is -3.29. The molecule has 37 heavy (non-hydrogen) atoms. The van der Waals surface area contributed by atoms with Gasteiger partial charge in [-0.25, -0.2) is 4.98 Å². The monoisotopic (exact) mass is 512 g/mol. The number of nitrogen functional groups attached to an aromatic ring is 1. The zero-order valence-corrected chi connectivity index (χ0v) is 22.2. The zero-order valence-electron chi connectivity index (χ0n) is 22.2. The van der Waals surface area contributed by atoms with E-state index in [9.17, 15) is 14.7 Å². The van der Waals surface area contributed by atoms with Crippen LogP contribution in [0.25, 0.3) is 0 Å². The van der Waals surface area contributed by atoms with Gasteiger partial charge in [0.05, 0.1) is 7.11 Å². The van der Waals surface area contributed by atoms with Crippen molar-refractivity contribution in [3.8, 4) is 11.5 Å². The number of carbonyl (C=O) groups excluding carboxylic acids is 2. The number of aryl methyl sites for hydroxylation is 1. The number of anilines is 1. The van der Waals surface area contributed by atoms with Crippen molar-refractivity contribution in [2.24, 2.45) is 5.92 Å². The van der Waals surface area contributed by atoms with Gasteiger partial charge in [-0.3, -0.25) is 9.59 Å². The summed E-state index contributed by atoms with van der Waals surface area (Å²) in [7, 11) is 1.52. The van der Waals surface area contributed by atoms with Crippen LogP contribution in [0, 0.1) is 5.92 Å². The van der Waals surface area contributed by atoms with Crippen molar-refractivity contribution in [2.75, 3.05) is 12.8 Å². The fraction of sp³-hybridized carbons (Fsp3) is 0.552. The summed E-state index contributed by atoms with van der Waals surface area (Å²) in [6.07, 6.45) is 9.81. The molecule has 1 aliphatic carbocycles. The lowest BCUT2D eigenvalue weighted by Gasteiger charge is -2.28. The molecule has 1 aliphatic rings. The number of nitrogens with two attached hydrogens (primary N) is 1. The number of methoxy groups -OCH3 is 1. The van der Waals surface area contributed by atoms with E-state index in [0.717, 1.165) is 30.4 Å². The second kappa shape index (κ2) is 13.9. The van der Waals surface area contributed by atoms with E-state index in [0.29, 0.717) is 48.7 Å². The molecule has 2 unspecified atom stereocenters. The van der Waals surface area contributed by atoms with E-state index in [1.54, 1.807) is 18.3 Å². The van der Waals surface area contributed by atoms with Gasteiger partial charge in [0.15, 0.2) is 11.5 Å². The highest BCUT2D eigenvalue weighted by molar-refractivity contribution is 5.66. The van der Waals surface area contributed by atoms with Crippen molar-refractivity contribution in [3.05, 3.63) is 47.2 Å². The number of nitrogens with zero attached hydrogens (tertiary/aromatic N) is 1. The van der Waals surface area contributed by atoms with Crippen LogP contribution in [0.1, 0.15) is 81.9 Å². The second-order valence-corrected chi connectivity index (χ2v) is 10.0. The molecule has 1 fully saturated rings. The quantitative estimate of drug-likeness (QED) is 0.376. The number of phenolic OH excluding ortho intramolecular Hbond substituents is 1. The van der Waals surface area contributed by atoms with Crippen LogP contribution in [0.2, 0.25) is 0 Å². The van der Waals surface area contributed by atoms with Crippen LogP contribution in [0.5, 0.6) is 11.5 Å². The predicted molar refractivity (Wildman–Crippen MR) is 141 cm³/mol. The van der Waals surface area contributed by atoms with Crippen LogP contribution in [-0.2, 0) is 31.9 Å². The Morgan fingerprint density at radius 2 is 1.76 bits per heavy atom. The van der Waals surface area contributed by atoms with Gasteiger partial charge in [0, 0.05) is 38.4 Å². The normalized spacial score (nSPS) is 15.5. The standard InChI is InChI=1S/C29H40N2O6/c1-19(32)36-25(18-26(37-20(2)33)15-21-7-5-4-6-8-21)10-9-22-13-24(29(34)27(16-22)35-3)14-23-11-12-31-28(30)17-23/h11-13,16-17,21,25-26,34H,4-10,14-15,18H2,1-3H3,(H2,30,31). The maximum absolute atomic E-state index is 11.9. The molecule has 8 heteroatoms. The van der Waals surface area contributed by atoms with E-state index >= 15 is 0 Å². The Morgan fingerprint density at radius 1 is 1.05 bits per heavy atom. The summed E-state index contributed by atoms with van der Waals surface area (Å²) >= 11 is 0. The highest BCUT2D eigenvalue weighted by Crippen LogP contribution is 2.34. The van der Waals surface area contributed by atoms with Crippen molar-refractivity contribution < 1.29 is 28.9 Å². The molecule has 1 saturated carbocycles. The van der Waals surface area contributed by atoms with Crippen LogP contribution in [0.15, 0.2) is 30.5 Å². The number of aromatic hydroxyl groups is 1. The summed E-state index contributed by atoms with van der Waals surface area (Å²) in [5.74, 6) is 0.742. The maximum atomic E-state index is 11.9. The number of aromatic nitrogens is 1. The van der Waals surface area contributed by atoms with Crippen molar-refractivity contribution >= 4 is 17.8 Å². The van der Waals surface area contributed by atoms with Crippen LogP contribution in [0.3, 0.4) is 0 Å². The molecule has 0 amide bonds. The SMILES string of the molecule is COc1cc(CCC(CC(CC2CCCCC2)OC(C)=O)OC(C)=O)cc(Cc2ccnc(N)c2)c1O. The molecule has 0 bridgehead atoms. The van der Waals surface area contributed by atoms with Gasteiger partial charge in [-0.15, -0.1) is 0 Å². The first kappa shape index (κ1) is 28.3. The lowest BCUT2D eigenvalue weighted by molar-refractivity contribution is -0.153. The first-order valence-corrected chi connectivity index (χ1v) is 13.2. The van der Waals surface area contributed by atoms with Gasteiger partial charge >= 0.3 is 11.9 Å². The third kappa shape index (κ3) is 9.26. The van der Waals surface area contributed by atoms with Crippen molar-refractivity contribution in [2.45, 2.75) is 90.3 Å². The van der Waals surface area contributed by atoms with Crippen molar-refractivity contribution in [1.82, 2.24) is 4.98 Å². The second-order valence-electron chi connectivity index (χ2n) is 10.0. The van der Waals surface area contributed by atoms with E-state index in [1.165, 1.54) is 40.2 Å². The summed E-state index contributed by atoms with van der Waals surface area (Å²) in [4.78, 5) is 27.7. The Morgan fingerprint density at radius 3 is 2.41 bits per heavy atom. The topological polar surface area (TPSA) is 121 Å². The van der Waals surface area contributed by atoms with Crippen molar-refractivity contribution in [1.29, 1.82) is 0 Å². The van der Waals surface area contributed by atoms with Crippen LogP contribution < -0.4 is 10.5 Å². The summed E-state index contributed by atoms with van der Waals surface area (Å²) in [5, 5.41) is 10.7. The number of ether oxygens (including phenoxy) is 3. The van der Waals surface area contributed by atoms with Gasteiger partial charge in [-0.1, -0.05) is 38.2 Å². The fourth-order valence-electron chi connectivity index (χ4n) is 5.29. The molecule has 202 valence electrons. The number of pyridine rings is 1. The molecular weight excluding hydrogens is 472 g/mol. The number of hydrogen-bond donors (Lipinski definition) is 2. The van der Waals surface area contributed by atoms with Gasteiger partial charge in [-0.05, 0) is 54.5 Å². The zero-order chi connectivity index (χ0) is 26.8. The van der Waals surface area contributed by atoms with Crippen LogP contribution >= 0.6 is 0 Å². The molecule has 0 aliphatic heterocycles. The van der Waals surface area contributed by atoms with E-state index in [1.807, 2.05) is 12.1 Å². The molecule has 8 nitrogen and oxygen atoms in total. The van der Waals surface area contributed by atoms with E-state index in [-0.39, 0.29) is 23.8 Å². The third-order valence-electron chi connectivity index (χ3n) is 6.94. The summed E-state index contributed by atoms with van der Waals surface area (Å²) < 4.78 is 16.7. The molecule has 3 N–H and O–H groups in total. The van der Waals surface area contributed by atoms with Gasteiger partial charge in [0.25, 0.3) is 0 Å². The van der Waals surface area contributed by atoms with Gasteiger partial charge in [0.2, 0.25) is 0 Å². The molecule has 1 heterocycles. The average Bonchev–Trinajstić information content (AvgIpc) is 2.84. The highest BCUT2D eigenvalue weighted by atomic mass is 16.6. The number of hydrogen-bond acceptors (Lipinski definition) is 8. The molecule has 0 spiro atoms. The van der Waals surface area contributed by atoms with E-state index in [4.69, 9.17) is 19.9 Å². The number of rotatable bonds is 12. The predicted octanol–water partition coefficient (Wildman–Crippen LogP) is 5.13. The third-order valence-corrected chi connectivity index (χ3v) is 6.94. The molecule has 0 radical (unpaired) electrons. The minimum absolute atomic E-state index is 0.0839. The fourth-order valence-corrected chi connectivity index (χ4v) is 5.29. The van der Waals surface area contributed by atoms with Gasteiger partial charge < -0.3 is 25.1 Å². The van der Waals surface area contributed by atoms with Crippen LogP contribution in [-0.4, -0.2) is 41.3 Å². The number of phenols is 1. The molecule has 2 atom stereocenters. The smallest absolute Gasteiger partial charge is 0.302 e. The highest BCUT2D eigenvalue weighted by Gasteiger charge is 2.26. The van der Waals surface area contributed by atoms with Gasteiger partial charge in [-0.2, -0.15) is 0 Å². The van der Waals surface area contributed by atoms with Crippen molar-refractivity contribution in [3.63, 3.8) is 0 Å². The number of carbonyl (C=O) groups is 2. The Kier molecular flexibility index (Phi) is 10.6. The maximum Gasteiger partial charge on any atom is 0.302 e. The average molecular weight is 513 g/mol. The van der Waals surface area contributed by atoms with E-state index in [2.05, 4.69) is 4.98 Å². The Balaban J connectivity index is 1.73. The van der Waals surface area contributed by atoms with E-state index < -0.39 is 6.10 Å². The lowest BCUT2D eigenvalue weighted by Crippen LogP contribution is -2.29. The number of benzene rings is 1. The summed E-state index contributed by atoms with van der Waals surface area (Å²) in [6, 6.07) is 7.37. The Bertz CT molecular complexity index is 1050. The van der Waals surface area contributed by atoms with Crippen LogP contribution in [0.4, 0.5) is 5.82 Å². The molecule has 2 aromatic rings. The molecule has 1 aromatic heterocycles. The molecular formula is C29H40N2O6. The molecule has 0 saturated heterocycles. The summed E-state index contributed by atoms with van der Waals surface area (Å²) in [6.45, 7) is 2.83. The molecule has 1 aromatic carbocycles. The first-order chi connectivity index (χ1) is 17.7.